The number of aromatic nitrogens is 1. The topological polar surface area (TPSA) is 66.7 Å². The van der Waals surface area contributed by atoms with E-state index in [1.807, 2.05) is 60.9 Å². The number of rotatable bonds is 5. The van der Waals surface area contributed by atoms with Gasteiger partial charge in [0.25, 0.3) is 11.8 Å². The number of carbonyl (C=O) groups is 2. The summed E-state index contributed by atoms with van der Waals surface area (Å²) in [5, 5.41) is 7.08. The average Bonchev–Trinajstić information content (AvgIpc) is 3.24. The smallest absolute Gasteiger partial charge is 0.260 e. The van der Waals surface area contributed by atoms with Gasteiger partial charge in [-0.3, -0.25) is 14.5 Å². The molecule has 1 N–H and O–H groups in total. The second kappa shape index (κ2) is 8.63. The van der Waals surface area contributed by atoms with E-state index in [1.54, 1.807) is 24.4 Å². The van der Waals surface area contributed by atoms with Gasteiger partial charge in [-0.1, -0.05) is 47.5 Å². The fourth-order valence-electron chi connectivity index (χ4n) is 4.44. The van der Waals surface area contributed by atoms with Gasteiger partial charge in [0.2, 0.25) is 0 Å². The molecule has 0 fully saturated rings. The lowest BCUT2D eigenvalue weighted by atomic mass is 10.1. The van der Waals surface area contributed by atoms with E-state index in [0.717, 1.165) is 39.1 Å². The summed E-state index contributed by atoms with van der Waals surface area (Å²) in [5.41, 5.74) is 7.40. The molecule has 0 bridgehead atoms. The van der Waals surface area contributed by atoms with Gasteiger partial charge in [-0.2, -0.15) is 5.10 Å². The number of aryl methyl sites for hydroxylation is 1. The van der Waals surface area contributed by atoms with Crippen LogP contribution >= 0.6 is 23.2 Å². The molecule has 0 radical (unpaired) electrons. The van der Waals surface area contributed by atoms with Crippen LogP contribution in [0.25, 0.3) is 16.5 Å². The summed E-state index contributed by atoms with van der Waals surface area (Å²) < 4.78 is 2.00. The lowest BCUT2D eigenvalue weighted by Gasteiger charge is -2.16. The van der Waals surface area contributed by atoms with Crippen molar-refractivity contribution in [2.24, 2.45) is 5.10 Å². The van der Waals surface area contributed by atoms with Crippen molar-refractivity contribution in [2.45, 2.75) is 13.8 Å². The molecule has 170 valence electrons. The molecule has 3 aromatic carbocycles. The molecule has 0 spiro atoms. The average molecular weight is 491 g/mol. The van der Waals surface area contributed by atoms with Crippen LogP contribution in [-0.2, 0) is 4.79 Å². The molecule has 0 atom stereocenters. The number of hydrogen-bond acceptors (Lipinski definition) is 3. The van der Waals surface area contributed by atoms with Crippen molar-refractivity contribution in [3.05, 3.63) is 93.2 Å². The van der Waals surface area contributed by atoms with Crippen LogP contribution in [0, 0.1) is 13.8 Å². The normalized spacial score (nSPS) is 12.8. The molecular weight excluding hydrogens is 471 g/mol. The number of carbonyl (C=O) groups excluding carboxylic acids is 2. The molecule has 1 aliphatic heterocycles. The first-order chi connectivity index (χ1) is 16.3. The van der Waals surface area contributed by atoms with Gasteiger partial charge in [-0.15, -0.1) is 0 Å². The number of hydrogen-bond donors (Lipinski definition) is 1. The summed E-state index contributed by atoms with van der Waals surface area (Å²) in [6.45, 7) is 3.79. The Morgan fingerprint density at radius 1 is 1.03 bits per heavy atom. The fourth-order valence-corrected chi connectivity index (χ4v) is 4.93. The summed E-state index contributed by atoms with van der Waals surface area (Å²) in [5.74, 6) is -0.571. The molecule has 6 nitrogen and oxygen atoms in total. The predicted octanol–water partition coefficient (Wildman–Crippen LogP) is 5.66. The molecule has 1 aliphatic rings. The third-order valence-electron chi connectivity index (χ3n) is 5.96. The maximum atomic E-state index is 12.9. The molecule has 5 rings (SSSR count). The molecule has 34 heavy (non-hydrogen) atoms. The number of nitrogens with zero attached hydrogens (tertiary/aromatic N) is 3. The number of benzene rings is 3. The third kappa shape index (κ3) is 3.75. The standard InChI is InChI=1S/C26H20Cl2N4O2/c1-15-11-18(16(2)32(15)22-10-9-19(27)12-21(22)28)13-29-30-24(33)14-31-23-8-4-6-17-5-3-7-20(25(17)23)26(31)34/h3-13H,14H2,1-2H3,(H,30,33)/b29-13-. The highest BCUT2D eigenvalue weighted by atomic mass is 35.5. The van der Waals surface area contributed by atoms with E-state index in [2.05, 4.69) is 10.5 Å². The minimum absolute atomic E-state index is 0.122. The number of anilines is 1. The number of amides is 2. The molecule has 2 amide bonds. The lowest BCUT2D eigenvalue weighted by Crippen LogP contribution is -2.37. The van der Waals surface area contributed by atoms with E-state index in [9.17, 15) is 9.59 Å². The Morgan fingerprint density at radius 3 is 2.56 bits per heavy atom. The number of halogens is 2. The molecule has 4 aromatic rings. The molecule has 0 saturated carbocycles. The van der Waals surface area contributed by atoms with E-state index in [0.29, 0.717) is 15.6 Å². The minimum atomic E-state index is -0.385. The maximum absolute atomic E-state index is 12.9. The zero-order valence-electron chi connectivity index (χ0n) is 18.5. The van der Waals surface area contributed by atoms with Crippen molar-refractivity contribution in [2.75, 3.05) is 11.4 Å². The summed E-state index contributed by atoms with van der Waals surface area (Å²) in [6.07, 6.45) is 1.59. The van der Waals surface area contributed by atoms with Crippen LogP contribution in [0.1, 0.15) is 27.3 Å². The van der Waals surface area contributed by atoms with Crippen LogP contribution in [0.3, 0.4) is 0 Å². The van der Waals surface area contributed by atoms with Crippen molar-refractivity contribution in [1.29, 1.82) is 0 Å². The summed E-state index contributed by atoms with van der Waals surface area (Å²) >= 11 is 12.4. The van der Waals surface area contributed by atoms with Crippen molar-refractivity contribution in [3.8, 4) is 5.69 Å². The number of hydrazone groups is 1. The van der Waals surface area contributed by atoms with Crippen molar-refractivity contribution in [1.82, 2.24) is 9.99 Å². The Labute approximate surface area is 206 Å². The van der Waals surface area contributed by atoms with Crippen LogP contribution in [-0.4, -0.2) is 29.1 Å². The van der Waals surface area contributed by atoms with Gasteiger partial charge in [0.15, 0.2) is 0 Å². The summed E-state index contributed by atoms with van der Waals surface area (Å²) in [6, 6.07) is 18.6. The van der Waals surface area contributed by atoms with E-state index in [4.69, 9.17) is 23.2 Å². The Bertz CT molecular complexity index is 1500. The molecule has 0 saturated heterocycles. The largest absolute Gasteiger partial charge is 0.316 e. The monoisotopic (exact) mass is 490 g/mol. The van der Waals surface area contributed by atoms with Gasteiger partial charge in [-0.25, -0.2) is 5.43 Å². The molecule has 0 aliphatic carbocycles. The van der Waals surface area contributed by atoms with E-state index < -0.39 is 0 Å². The first-order valence-electron chi connectivity index (χ1n) is 10.6. The van der Waals surface area contributed by atoms with Crippen LogP contribution in [0.5, 0.6) is 0 Å². The Balaban J connectivity index is 1.32. The highest BCUT2D eigenvalue weighted by Gasteiger charge is 2.30. The third-order valence-corrected chi connectivity index (χ3v) is 6.50. The van der Waals surface area contributed by atoms with Crippen LogP contribution in [0.4, 0.5) is 5.69 Å². The van der Waals surface area contributed by atoms with E-state index in [-0.39, 0.29) is 18.4 Å². The summed E-state index contributed by atoms with van der Waals surface area (Å²) in [7, 11) is 0. The molecular formula is C26H20Cl2N4O2. The van der Waals surface area contributed by atoms with Gasteiger partial charge in [0.1, 0.15) is 6.54 Å². The van der Waals surface area contributed by atoms with Gasteiger partial charge in [0, 0.05) is 32.9 Å². The number of nitrogens with one attached hydrogen (secondary N) is 1. The van der Waals surface area contributed by atoms with Gasteiger partial charge in [-0.05, 0) is 55.6 Å². The predicted molar refractivity (Wildman–Crippen MR) is 137 cm³/mol. The SMILES string of the molecule is Cc1cc(/C=N\NC(=O)CN2C(=O)c3cccc4cccc2c34)c(C)n1-c1ccc(Cl)cc1Cl. The first-order valence-corrected chi connectivity index (χ1v) is 11.4. The highest BCUT2D eigenvalue weighted by Crippen LogP contribution is 2.36. The van der Waals surface area contributed by atoms with Crippen molar-refractivity contribution < 1.29 is 9.59 Å². The summed E-state index contributed by atoms with van der Waals surface area (Å²) in [4.78, 5) is 27.0. The van der Waals surface area contributed by atoms with Gasteiger partial charge < -0.3 is 4.57 Å². The van der Waals surface area contributed by atoms with Crippen LogP contribution in [0.15, 0.2) is 65.8 Å². The van der Waals surface area contributed by atoms with Crippen LogP contribution < -0.4 is 10.3 Å². The van der Waals surface area contributed by atoms with Crippen LogP contribution in [0.2, 0.25) is 10.0 Å². The van der Waals surface area contributed by atoms with E-state index in [1.165, 1.54) is 4.90 Å². The fraction of sp³-hybridized carbons (Fsp3) is 0.115. The van der Waals surface area contributed by atoms with Crippen molar-refractivity contribution in [3.63, 3.8) is 0 Å². The van der Waals surface area contributed by atoms with Crippen molar-refractivity contribution >= 4 is 57.7 Å². The second-order valence-electron chi connectivity index (χ2n) is 8.12. The zero-order chi connectivity index (χ0) is 24.0. The Kier molecular flexibility index (Phi) is 5.63. The highest BCUT2D eigenvalue weighted by molar-refractivity contribution is 6.35. The molecule has 0 unspecified atom stereocenters. The van der Waals surface area contributed by atoms with E-state index >= 15 is 0 Å². The first kappa shape index (κ1) is 22.2. The molecule has 8 heteroatoms. The lowest BCUT2D eigenvalue weighted by molar-refractivity contribution is -0.119. The quantitative estimate of drug-likeness (QED) is 0.289. The van der Waals surface area contributed by atoms with Gasteiger partial charge in [0.05, 0.1) is 22.6 Å². The Morgan fingerprint density at radius 2 is 1.79 bits per heavy atom. The Hall–Kier alpha value is -3.61. The zero-order valence-corrected chi connectivity index (χ0v) is 20.0. The maximum Gasteiger partial charge on any atom is 0.260 e. The molecule has 2 heterocycles. The minimum Gasteiger partial charge on any atom is -0.316 e. The van der Waals surface area contributed by atoms with Gasteiger partial charge >= 0.3 is 0 Å². The molecule has 1 aromatic heterocycles. The second-order valence-corrected chi connectivity index (χ2v) is 8.97.